The Hall–Kier alpha value is -0.190. The summed E-state index contributed by atoms with van der Waals surface area (Å²) in [4.78, 5) is 28.5. The monoisotopic (exact) mass is 168 g/mol. The summed E-state index contributed by atoms with van der Waals surface area (Å²) in [6.45, 7) is 3.48. The summed E-state index contributed by atoms with van der Waals surface area (Å²) in [5, 5.41) is 8.89. The molecule has 0 aromatic rings. The molecular formula is C6H9NaO4. The zero-order chi connectivity index (χ0) is 8.73. The summed E-state index contributed by atoms with van der Waals surface area (Å²) >= 11 is 0. The number of ketones is 2. The van der Waals surface area contributed by atoms with Crippen molar-refractivity contribution in [1.82, 2.24) is 0 Å². The van der Waals surface area contributed by atoms with Gasteiger partial charge in [-0.2, -0.15) is 0 Å². The molecule has 4 nitrogen and oxygen atoms in total. The molecule has 0 radical (unpaired) electrons. The normalized spacial score (nSPS) is 6.45. The topological polar surface area (TPSA) is 74.3 Å². The van der Waals surface area contributed by atoms with Gasteiger partial charge in [0.05, 0.1) is 0 Å². The molecule has 0 heterocycles. The fraction of sp³-hybridized carbons (Fsp3) is 0.500. The van der Waals surface area contributed by atoms with Crippen molar-refractivity contribution in [2.75, 3.05) is 0 Å². The molecule has 0 amide bonds. The van der Waals surface area contributed by atoms with E-state index < -0.39 is 5.97 Å². The smallest absolute Gasteiger partial charge is 0.550 e. The van der Waals surface area contributed by atoms with Gasteiger partial charge in [-0.05, 0) is 6.92 Å². The van der Waals surface area contributed by atoms with Gasteiger partial charge in [0.25, 0.3) is 0 Å². The van der Waals surface area contributed by atoms with E-state index >= 15 is 0 Å². The molecule has 0 aliphatic heterocycles. The van der Waals surface area contributed by atoms with Crippen LogP contribution in [0.1, 0.15) is 20.8 Å². The van der Waals surface area contributed by atoms with Crippen LogP contribution in [0.2, 0.25) is 0 Å². The summed E-state index contributed by atoms with van der Waals surface area (Å²) in [5.41, 5.74) is 0. The molecule has 0 saturated carbocycles. The fourth-order valence-electron chi connectivity index (χ4n) is 0. The molecule has 0 aromatic carbocycles. The Labute approximate surface area is 87.3 Å². The average molecular weight is 168 g/mol. The zero-order valence-corrected chi connectivity index (χ0v) is 9.13. The van der Waals surface area contributed by atoms with Gasteiger partial charge in [0, 0.05) is 19.8 Å². The number of carbonyl (C=O) groups is 3. The second-order valence-electron chi connectivity index (χ2n) is 1.60. The van der Waals surface area contributed by atoms with Crippen molar-refractivity contribution in [3.63, 3.8) is 0 Å². The van der Waals surface area contributed by atoms with Crippen molar-refractivity contribution < 1.29 is 49.0 Å². The van der Waals surface area contributed by atoms with Crippen molar-refractivity contribution in [2.45, 2.75) is 20.8 Å². The van der Waals surface area contributed by atoms with Gasteiger partial charge in [-0.25, -0.2) is 0 Å². The molecule has 0 saturated heterocycles. The zero-order valence-electron chi connectivity index (χ0n) is 7.13. The number of Topliss-reactive ketones (excluding diaryl/α,β-unsaturated/α-hetero) is 2. The van der Waals surface area contributed by atoms with Gasteiger partial charge in [-0.3, -0.25) is 9.59 Å². The van der Waals surface area contributed by atoms with Gasteiger partial charge in [0.1, 0.15) is 0 Å². The minimum Gasteiger partial charge on any atom is -0.550 e. The van der Waals surface area contributed by atoms with E-state index in [1.165, 1.54) is 13.8 Å². The second-order valence-corrected chi connectivity index (χ2v) is 1.60. The summed E-state index contributed by atoms with van der Waals surface area (Å²) in [5.74, 6) is -1.84. The van der Waals surface area contributed by atoms with E-state index in [1.54, 1.807) is 0 Å². The van der Waals surface area contributed by atoms with Gasteiger partial charge in [0.15, 0.2) is 11.6 Å². The first-order valence-electron chi connectivity index (χ1n) is 2.57. The molecule has 0 unspecified atom stereocenters. The number of rotatable bonds is 1. The molecule has 0 spiro atoms. The van der Waals surface area contributed by atoms with Crippen LogP contribution in [0.25, 0.3) is 0 Å². The Balaban J connectivity index is -0.000000114. The number of carboxylic acids is 1. The summed E-state index contributed by atoms with van der Waals surface area (Å²) in [7, 11) is 0. The second kappa shape index (κ2) is 9.81. The molecule has 0 atom stereocenters. The van der Waals surface area contributed by atoms with E-state index in [4.69, 9.17) is 9.90 Å². The van der Waals surface area contributed by atoms with E-state index in [0.717, 1.165) is 6.92 Å². The van der Waals surface area contributed by atoms with Crippen molar-refractivity contribution >= 4 is 17.5 Å². The third-order valence-corrected chi connectivity index (χ3v) is 0.496. The van der Waals surface area contributed by atoms with Gasteiger partial charge >= 0.3 is 29.6 Å². The van der Waals surface area contributed by atoms with Crippen molar-refractivity contribution in [3.05, 3.63) is 0 Å². The van der Waals surface area contributed by atoms with Gasteiger partial charge < -0.3 is 9.90 Å². The molecule has 0 N–H and O–H groups in total. The van der Waals surface area contributed by atoms with Crippen LogP contribution < -0.4 is 34.7 Å². The molecule has 58 valence electrons. The Morgan fingerprint density at radius 1 is 0.909 bits per heavy atom. The number of aliphatic carboxylic acids is 1. The average Bonchev–Trinajstić information content (AvgIpc) is 1.63. The van der Waals surface area contributed by atoms with Crippen molar-refractivity contribution in [2.24, 2.45) is 0 Å². The minimum atomic E-state index is -1.08. The largest absolute Gasteiger partial charge is 1.00 e. The quantitative estimate of drug-likeness (QED) is 0.295. The van der Waals surface area contributed by atoms with E-state index in [0.29, 0.717) is 0 Å². The predicted octanol–water partition coefficient (Wildman–Crippen LogP) is -4.08. The third kappa shape index (κ3) is 41.2. The standard InChI is InChI=1S/C4H6O2.C2H4O2.Na/c1-3(5)4(2)6;1-2(3)4;/h1-2H3;1H3,(H,3,4);/q;;+1/p-1. The number of hydrogen-bond donors (Lipinski definition) is 0. The van der Waals surface area contributed by atoms with E-state index in [-0.39, 0.29) is 41.1 Å². The Morgan fingerprint density at radius 3 is 1.00 bits per heavy atom. The van der Waals surface area contributed by atoms with E-state index in [9.17, 15) is 9.59 Å². The fourth-order valence-corrected chi connectivity index (χ4v) is 0. The van der Waals surface area contributed by atoms with Crippen LogP contribution in [-0.4, -0.2) is 17.5 Å². The Bertz CT molecular complexity index is 137. The molecular weight excluding hydrogens is 159 g/mol. The maximum Gasteiger partial charge on any atom is 1.00 e. The molecule has 0 fully saturated rings. The summed E-state index contributed by atoms with van der Waals surface area (Å²) < 4.78 is 0. The van der Waals surface area contributed by atoms with Crippen LogP contribution in [0.4, 0.5) is 0 Å². The Morgan fingerprint density at radius 2 is 1.00 bits per heavy atom. The van der Waals surface area contributed by atoms with Crippen LogP contribution in [0.5, 0.6) is 0 Å². The minimum absolute atomic E-state index is 0. The maximum absolute atomic E-state index is 9.79. The first-order chi connectivity index (χ1) is 4.37. The van der Waals surface area contributed by atoms with Gasteiger partial charge in [0.2, 0.25) is 0 Å². The van der Waals surface area contributed by atoms with Crippen LogP contribution >= 0.6 is 0 Å². The van der Waals surface area contributed by atoms with Crippen LogP contribution in [0.3, 0.4) is 0 Å². The summed E-state index contributed by atoms with van der Waals surface area (Å²) in [6.07, 6.45) is 0. The first-order valence-corrected chi connectivity index (χ1v) is 2.57. The molecule has 0 rings (SSSR count). The van der Waals surface area contributed by atoms with E-state index in [1.807, 2.05) is 0 Å². The molecule has 0 aliphatic rings. The van der Waals surface area contributed by atoms with Crippen LogP contribution in [-0.2, 0) is 14.4 Å². The SMILES string of the molecule is CC(=O)C(C)=O.CC(=O)[O-].[Na+]. The number of carbonyl (C=O) groups excluding carboxylic acids is 3. The summed E-state index contributed by atoms with van der Waals surface area (Å²) in [6, 6.07) is 0. The van der Waals surface area contributed by atoms with Crippen LogP contribution in [0, 0.1) is 0 Å². The molecule has 11 heavy (non-hydrogen) atoms. The molecule has 5 heteroatoms. The first kappa shape index (κ1) is 17.1. The third-order valence-electron chi connectivity index (χ3n) is 0.496. The number of carboxylic acid groups (broad SMARTS) is 1. The number of hydrogen-bond acceptors (Lipinski definition) is 4. The predicted molar refractivity (Wildman–Crippen MR) is 32.0 cm³/mol. The molecule has 0 bridgehead atoms. The van der Waals surface area contributed by atoms with Crippen molar-refractivity contribution in [1.29, 1.82) is 0 Å². The van der Waals surface area contributed by atoms with Gasteiger partial charge in [-0.15, -0.1) is 0 Å². The van der Waals surface area contributed by atoms with E-state index in [2.05, 4.69) is 0 Å². The van der Waals surface area contributed by atoms with Crippen LogP contribution in [0.15, 0.2) is 0 Å². The maximum atomic E-state index is 9.79. The van der Waals surface area contributed by atoms with Gasteiger partial charge in [-0.1, -0.05) is 0 Å². The molecule has 0 aromatic heterocycles. The van der Waals surface area contributed by atoms with Crippen molar-refractivity contribution in [3.8, 4) is 0 Å². The molecule has 0 aliphatic carbocycles. The Kier molecular flexibility index (Phi) is 15.2.